The largest absolute Gasteiger partial charge is 0.465 e. The van der Waals surface area contributed by atoms with Crippen molar-refractivity contribution in [2.45, 2.75) is 12.8 Å². The maximum absolute atomic E-state index is 12.2. The first-order chi connectivity index (χ1) is 9.22. The van der Waals surface area contributed by atoms with Crippen molar-refractivity contribution in [2.24, 2.45) is 5.92 Å². The van der Waals surface area contributed by atoms with Gasteiger partial charge >= 0.3 is 5.97 Å². The van der Waals surface area contributed by atoms with Gasteiger partial charge in [-0.1, -0.05) is 12.1 Å². The Morgan fingerprint density at radius 3 is 2.63 bits per heavy atom. The number of carbonyl (C=O) groups excluding carboxylic acids is 2. The molecule has 1 saturated heterocycles. The minimum absolute atomic E-state index is 0.00310. The number of carbonyl (C=O) groups is 2. The van der Waals surface area contributed by atoms with Crippen LogP contribution in [0, 0.1) is 5.92 Å². The molecule has 2 rings (SSSR count). The molecule has 0 bridgehead atoms. The van der Waals surface area contributed by atoms with Gasteiger partial charge in [-0.05, 0) is 36.5 Å². The van der Waals surface area contributed by atoms with Gasteiger partial charge in [0.15, 0.2) is 0 Å². The lowest BCUT2D eigenvalue weighted by Crippen LogP contribution is -2.27. The Labute approximate surface area is 116 Å². The maximum atomic E-state index is 12.2. The minimum atomic E-state index is -0.435. The van der Waals surface area contributed by atoms with Crippen LogP contribution in [0.2, 0.25) is 0 Å². The average molecular weight is 279 g/mol. The normalized spacial score (nSPS) is 15.8. The first-order valence-electron chi connectivity index (χ1n) is 6.28. The van der Waals surface area contributed by atoms with E-state index < -0.39 is 5.97 Å². The summed E-state index contributed by atoms with van der Waals surface area (Å²) in [6.45, 7) is 0. The summed E-state index contributed by atoms with van der Waals surface area (Å²) in [5.41, 5.74) is 0.918. The molecule has 0 aromatic heterocycles. The van der Waals surface area contributed by atoms with E-state index in [1.54, 1.807) is 24.3 Å². The number of methoxy groups -OCH3 is 1. The fraction of sp³-hybridized carbons (Fsp3) is 0.429. The summed E-state index contributed by atoms with van der Waals surface area (Å²) >= 11 is 1.88. The Morgan fingerprint density at radius 2 is 1.95 bits per heavy atom. The van der Waals surface area contributed by atoms with Crippen LogP contribution in [0.4, 0.5) is 5.69 Å². The van der Waals surface area contributed by atoms with E-state index in [-0.39, 0.29) is 11.8 Å². The van der Waals surface area contributed by atoms with E-state index in [0.29, 0.717) is 11.3 Å². The second-order valence-corrected chi connectivity index (χ2v) is 5.64. The highest BCUT2D eigenvalue weighted by Gasteiger charge is 2.22. The summed E-state index contributed by atoms with van der Waals surface area (Å²) in [6, 6.07) is 6.91. The van der Waals surface area contributed by atoms with Crippen molar-refractivity contribution in [1.29, 1.82) is 0 Å². The third-order valence-corrected chi connectivity index (χ3v) is 4.23. The SMILES string of the molecule is COC(=O)c1ccccc1NC(=O)C1CCSCC1. The zero-order chi connectivity index (χ0) is 13.7. The fourth-order valence-corrected chi connectivity index (χ4v) is 3.18. The van der Waals surface area contributed by atoms with Gasteiger partial charge in [-0.3, -0.25) is 4.79 Å². The number of esters is 1. The molecule has 19 heavy (non-hydrogen) atoms. The number of nitrogens with one attached hydrogen (secondary N) is 1. The van der Waals surface area contributed by atoms with Crippen molar-refractivity contribution in [3.8, 4) is 0 Å². The van der Waals surface area contributed by atoms with Gasteiger partial charge in [0.05, 0.1) is 18.4 Å². The van der Waals surface area contributed by atoms with E-state index in [4.69, 9.17) is 4.74 Å². The Balaban J connectivity index is 2.09. The van der Waals surface area contributed by atoms with Gasteiger partial charge in [-0.25, -0.2) is 4.79 Å². The van der Waals surface area contributed by atoms with Crippen molar-refractivity contribution in [2.75, 3.05) is 23.9 Å². The van der Waals surface area contributed by atoms with Crippen LogP contribution in [-0.2, 0) is 9.53 Å². The number of ether oxygens (including phenoxy) is 1. The molecule has 1 heterocycles. The summed E-state index contributed by atoms with van der Waals surface area (Å²) in [5, 5.41) is 2.85. The Bertz CT molecular complexity index is 470. The van der Waals surface area contributed by atoms with Crippen molar-refractivity contribution < 1.29 is 14.3 Å². The van der Waals surface area contributed by atoms with Crippen LogP contribution >= 0.6 is 11.8 Å². The first kappa shape index (κ1) is 13.9. The average Bonchev–Trinajstić information content (AvgIpc) is 2.48. The molecule has 1 fully saturated rings. The smallest absolute Gasteiger partial charge is 0.339 e. The topological polar surface area (TPSA) is 55.4 Å². The van der Waals surface area contributed by atoms with E-state index >= 15 is 0 Å². The Hall–Kier alpha value is -1.49. The summed E-state index contributed by atoms with van der Waals surface area (Å²) < 4.78 is 4.71. The molecular formula is C14H17NO3S. The second-order valence-electron chi connectivity index (χ2n) is 4.41. The van der Waals surface area contributed by atoms with Crippen LogP contribution in [0.25, 0.3) is 0 Å². The van der Waals surface area contributed by atoms with Crippen molar-refractivity contribution in [1.82, 2.24) is 0 Å². The molecule has 5 heteroatoms. The molecule has 1 aromatic carbocycles. The molecule has 0 saturated carbocycles. The van der Waals surface area contributed by atoms with E-state index in [0.717, 1.165) is 24.3 Å². The highest BCUT2D eigenvalue weighted by atomic mass is 32.2. The van der Waals surface area contributed by atoms with Crippen molar-refractivity contribution in [3.05, 3.63) is 29.8 Å². The van der Waals surface area contributed by atoms with Crippen LogP contribution < -0.4 is 5.32 Å². The molecule has 1 aliphatic heterocycles. The predicted molar refractivity (Wildman–Crippen MR) is 76.5 cm³/mol. The zero-order valence-corrected chi connectivity index (χ0v) is 11.7. The third kappa shape index (κ3) is 3.50. The molecule has 4 nitrogen and oxygen atoms in total. The molecule has 0 aliphatic carbocycles. The monoisotopic (exact) mass is 279 g/mol. The third-order valence-electron chi connectivity index (χ3n) is 3.18. The molecule has 1 aromatic rings. The van der Waals surface area contributed by atoms with E-state index in [1.165, 1.54) is 7.11 Å². The number of hydrogen-bond donors (Lipinski definition) is 1. The van der Waals surface area contributed by atoms with E-state index in [2.05, 4.69) is 5.32 Å². The molecule has 0 radical (unpaired) electrons. The van der Waals surface area contributed by atoms with Crippen molar-refractivity contribution in [3.63, 3.8) is 0 Å². The summed E-state index contributed by atoms with van der Waals surface area (Å²) in [7, 11) is 1.33. The van der Waals surface area contributed by atoms with Crippen molar-refractivity contribution >= 4 is 29.3 Å². The number of rotatable bonds is 3. The standard InChI is InChI=1S/C14H17NO3S/c1-18-14(17)11-4-2-3-5-12(11)15-13(16)10-6-8-19-9-7-10/h2-5,10H,6-9H2,1H3,(H,15,16). The van der Waals surface area contributed by atoms with Gasteiger partial charge in [0.1, 0.15) is 0 Å². The van der Waals surface area contributed by atoms with Gasteiger partial charge in [0, 0.05) is 5.92 Å². The summed E-state index contributed by atoms with van der Waals surface area (Å²) in [4.78, 5) is 23.8. The van der Waals surface area contributed by atoms with Gasteiger partial charge in [-0.15, -0.1) is 0 Å². The number of thioether (sulfide) groups is 1. The number of para-hydroxylation sites is 1. The fourth-order valence-electron chi connectivity index (χ4n) is 2.07. The molecule has 0 unspecified atom stereocenters. The number of hydrogen-bond acceptors (Lipinski definition) is 4. The number of benzene rings is 1. The lowest BCUT2D eigenvalue weighted by atomic mass is 10.0. The Kier molecular flexibility index (Phi) is 4.85. The molecule has 1 aliphatic rings. The molecule has 0 atom stereocenters. The van der Waals surface area contributed by atoms with Crippen LogP contribution in [-0.4, -0.2) is 30.5 Å². The highest BCUT2D eigenvalue weighted by Crippen LogP contribution is 2.25. The zero-order valence-electron chi connectivity index (χ0n) is 10.8. The molecule has 1 N–H and O–H groups in total. The number of amides is 1. The summed E-state index contributed by atoms with van der Waals surface area (Å²) in [5.74, 6) is 1.66. The predicted octanol–water partition coefficient (Wildman–Crippen LogP) is 2.55. The highest BCUT2D eigenvalue weighted by molar-refractivity contribution is 7.99. The van der Waals surface area contributed by atoms with Gasteiger partial charge in [-0.2, -0.15) is 11.8 Å². The van der Waals surface area contributed by atoms with E-state index in [1.807, 2.05) is 11.8 Å². The van der Waals surface area contributed by atoms with Crippen LogP contribution in [0.3, 0.4) is 0 Å². The van der Waals surface area contributed by atoms with Gasteiger partial charge in [0.2, 0.25) is 5.91 Å². The van der Waals surface area contributed by atoms with Crippen LogP contribution in [0.15, 0.2) is 24.3 Å². The lowest BCUT2D eigenvalue weighted by molar-refractivity contribution is -0.120. The van der Waals surface area contributed by atoms with E-state index in [9.17, 15) is 9.59 Å². The van der Waals surface area contributed by atoms with Gasteiger partial charge in [0.25, 0.3) is 0 Å². The summed E-state index contributed by atoms with van der Waals surface area (Å²) in [6.07, 6.45) is 1.80. The second kappa shape index (κ2) is 6.61. The molecule has 1 amide bonds. The molecular weight excluding hydrogens is 262 g/mol. The number of anilines is 1. The maximum Gasteiger partial charge on any atom is 0.339 e. The molecule has 0 spiro atoms. The van der Waals surface area contributed by atoms with Crippen LogP contribution in [0.5, 0.6) is 0 Å². The Morgan fingerprint density at radius 1 is 1.26 bits per heavy atom. The van der Waals surface area contributed by atoms with Crippen LogP contribution in [0.1, 0.15) is 23.2 Å². The minimum Gasteiger partial charge on any atom is -0.465 e. The quantitative estimate of drug-likeness (QED) is 0.864. The van der Waals surface area contributed by atoms with Gasteiger partial charge < -0.3 is 10.1 Å². The lowest BCUT2D eigenvalue weighted by Gasteiger charge is -2.21. The molecule has 102 valence electrons. The first-order valence-corrected chi connectivity index (χ1v) is 7.44.